The largest absolute Gasteiger partial charge is 0.416 e. The lowest BCUT2D eigenvalue weighted by Crippen LogP contribution is -2.06. The molecule has 0 atom stereocenters. The molecule has 2 aromatic carbocycles. The minimum atomic E-state index is -4.39. The monoisotopic (exact) mass is 408 g/mol. The molecule has 0 amide bonds. The maximum Gasteiger partial charge on any atom is 0.416 e. The Morgan fingerprint density at radius 2 is 1.65 bits per heavy atom. The Kier molecular flexibility index (Phi) is 4.29. The summed E-state index contributed by atoms with van der Waals surface area (Å²) in [5.74, 6) is 0. The van der Waals surface area contributed by atoms with Crippen molar-refractivity contribution in [3.8, 4) is 0 Å². The zero-order valence-corrected chi connectivity index (χ0v) is 13.1. The number of benzene rings is 2. The minimum absolute atomic E-state index is 0.296. The highest BCUT2D eigenvalue weighted by molar-refractivity contribution is 9.10. The van der Waals surface area contributed by atoms with Gasteiger partial charge in [-0.3, -0.25) is 0 Å². The second kappa shape index (κ2) is 5.65. The van der Waals surface area contributed by atoms with E-state index in [1.54, 1.807) is 18.2 Å². The summed E-state index contributed by atoms with van der Waals surface area (Å²) in [6.07, 6.45) is -4.39. The van der Waals surface area contributed by atoms with Crippen molar-refractivity contribution in [1.29, 1.82) is 0 Å². The summed E-state index contributed by atoms with van der Waals surface area (Å²) in [4.78, 5) is 0. The summed E-state index contributed by atoms with van der Waals surface area (Å²) in [5, 5.41) is 2.89. The standard InChI is InChI=1S/C13H9Br2F3N2/c14-8-2-4-10(19)12(6-8)20-11-5-7(13(16,17)18)1-3-9(11)15/h1-6,20H,19H2. The van der Waals surface area contributed by atoms with E-state index < -0.39 is 11.7 Å². The highest BCUT2D eigenvalue weighted by Crippen LogP contribution is 2.36. The van der Waals surface area contributed by atoms with Gasteiger partial charge < -0.3 is 11.1 Å². The molecule has 0 heterocycles. The second-order valence-corrected chi connectivity index (χ2v) is 5.82. The molecule has 3 N–H and O–H groups in total. The predicted octanol–water partition coefficient (Wildman–Crippen LogP) is 5.56. The van der Waals surface area contributed by atoms with Crippen LogP contribution in [0.25, 0.3) is 0 Å². The van der Waals surface area contributed by atoms with Gasteiger partial charge >= 0.3 is 6.18 Å². The number of nitrogens with one attached hydrogen (secondary N) is 1. The van der Waals surface area contributed by atoms with Crippen LogP contribution in [0.15, 0.2) is 45.3 Å². The quantitative estimate of drug-likeness (QED) is 0.637. The maximum atomic E-state index is 12.7. The van der Waals surface area contributed by atoms with Crippen LogP contribution in [-0.2, 0) is 6.18 Å². The first-order valence-corrected chi connectivity index (χ1v) is 7.05. The Balaban J connectivity index is 2.40. The Morgan fingerprint density at radius 3 is 2.30 bits per heavy atom. The van der Waals surface area contributed by atoms with Crippen molar-refractivity contribution in [3.05, 3.63) is 50.9 Å². The van der Waals surface area contributed by atoms with Crippen molar-refractivity contribution in [3.63, 3.8) is 0 Å². The van der Waals surface area contributed by atoms with Crippen molar-refractivity contribution >= 4 is 48.9 Å². The molecule has 2 rings (SSSR count). The van der Waals surface area contributed by atoms with E-state index in [1.165, 1.54) is 6.07 Å². The predicted molar refractivity (Wildman–Crippen MR) is 81.0 cm³/mol. The highest BCUT2D eigenvalue weighted by Gasteiger charge is 2.30. The van der Waals surface area contributed by atoms with Gasteiger partial charge in [-0.05, 0) is 52.3 Å². The van der Waals surface area contributed by atoms with Crippen LogP contribution in [0.2, 0.25) is 0 Å². The molecular formula is C13H9Br2F3N2. The zero-order valence-electron chi connectivity index (χ0n) is 9.93. The van der Waals surface area contributed by atoms with E-state index in [0.717, 1.165) is 16.6 Å². The lowest BCUT2D eigenvalue weighted by Gasteiger charge is -2.14. The average molecular weight is 410 g/mol. The molecule has 0 fully saturated rings. The summed E-state index contributed by atoms with van der Waals surface area (Å²) in [6.45, 7) is 0. The summed E-state index contributed by atoms with van der Waals surface area (Å²) < 4.78 is 39.4. The Bertz CT molecular complexity index is 642. The summed E-state index contributed by atoms with van der Waals surface area (Å²) in [5.41, 5.74) is 6.33. The number of halogens is 5. The molecule has 0 aliphatic rings. The lowest BCUT2D eigenvalue weighted by molar-refractivity contribution is -0.137. The summed E-state index contributed by atoms with van der Waals surface area (Å²) in [6, 6.07) is 8.50. The van der Waals surface area contributed by atoms with E-state index in [0.29, 0.717) is 21.5 Å². The van der Waals surface area contributed by atoms with Crippen LogP contribution >= 0.6 is 31.9 Å². The van der Waals surface area contributed by atoms with Crippen LogP contribution in [0.4, 0.5) is 30.2 Å². The molecule has 0 aliphatic heterocycles. The number of hydrogen-bond acceptors (Lipinski definition) is 2. The van der Waals surface area contributed by atoms with Crippen molar-refractivity contribution in [2.75, 3.05) is 11.1 Å². The molecular weight excluding hydrogens is 401 g/mol. The third kappa shape index (κ3) is 3.46. The molecule has 7 heteroatoms. The van der Waals surface area contributed by atoms with Crippen LogP contribution < -0.4 is 11.1 Å². The fourth-order valence-electron chi connectivity index (χ4n) is 1.58. The van der Waals surface area contributed by atoms with E-state index in [9.17, 15) is 13.2 Å². The van der Waals surface area contributed by atoms with Crippen LogP contribution in [0.5, 0.6) is 0 Å². The minimum Gasteiger partial charge on any atom is -0.397 e. The van der Waals surface area contributed by atoms with E-state index in [1.807, 2.05) is 0 Å². The number of nitrogens with two attached hydrogens (primary N) is 1. The van der Waals surface area contributed by atoms with Crippen LogP contribution in [-0.4, -0.2) is 0 Å². The molecule has 0 bridgehead atoms. The molecule has 0 unspecified atom stereocenters. The Hall–Kier alpha value is -1.21. The average Bonchev–Trinajstić information content (AvgIpc) is 2.35. The molecule has 0 radical (unpaired) electrons. The van der Waals surface area contributed by atoms with Gasteiger partial charge in [-0.2, -0.15) is 13.2 Å². The van der Waals surface area contributed by atoms with E-state index >= 15 is 0 Å². The van der Waals surface area contributed by atoms with E-state index in [-0.39, 0.29) is 0 Å². The smallest absolute Gasteiger partial charge is 0.397 e. The molecule has 20 heavy (non-hydrogen) atoms. The van der Waals surface area contributed by atoms with Crippen molar-refractivity contribution in [2.24, 2.45) is 0 Å². The van der Waals surface area contributed by atoms with Gasteiger partial charge in [0, 0.05) is 8.95 Å². The molecule has 0 spiro atoms. The van der Waals surface area contributed by atoms with Gasteiger partial charge in [-0.25, -0.2) is 0 Å². The normalized spacial score (nSPS) is 11.4. The number of hydrogen-bond donors (Lipinski definition) is 2. The molecule has 2 aromatic rings. The van der Waals surface area contributed by atoms with E-state index in [4.69, 9.17) is 5.73 Å². The third-order valence-electron chi connectivity index (χ3n) is 2.58. The van der Waals surface area contributed by atoms with Crippen molar-refractivity contribution < 1.29 is 13.2 Å². The van der Waals surface area contributed by atoms with Gasteiger partial charge in [0.2, 0.25) is 0 Å². The molecule has 0 saturated heterocycles. The van der Waals surface area contributed by atoms with Crippen molar-refractivity contribution in [2.45, 2.75) is 6.18 Å². The first kappa shape index (κ1) is 15.2. The second-order valence-electron chi connectivity index (χ2n) is 4.05. The summed E-state index contributed by atoms with van der Waals surface area (Å²) in [7, 11) is 0. The summed E-state index contributed by atoms with van der Waals surface area (Å²) >= 11 is 6.50. The topological polar surface area (TPSA) is 38.0 Å². The molecule has 0 aromatic heterocycles. The van der Waals surface area contributed by atoms with Crippen molar-refractivity contribution in [1.82, 2.24) is 0 Å². The van der Waals surface area contributed by atoms with Gasteiger partial charge in [0.1, 0.15) is 0 Å². The van der Waals surface area contributed by atoms with Gasteiger partial charge in [0.05, 0.1) is 22.6 Å². The molecule has 2 nitrogen and oxygen atoms in total. The zero-order chi connectivity index (χ0) is 14.9. The van der Waals surface area contributed by atoms with Crippen LogP contribution in [0, 0.1) is 0 Å². The molecule has 0 aliphatic carbocycles. The lowest BCUT2D eigenvalue weighted by atomic mass is 10.2. The van der Waals surface area contributed by atoms with Gasteiger partial charge in [0.25, 0.3) is 0 Å². The van der Waals surface area contributed by atoms with Gasteiger partial charge in [-0.1, -0.05) is 15.9 Å². The molecule has 0 saturated carbocycles. The maximum absolute atomic E-state index is 12.7. The first-order chi connectivity index (χ1) is 9.27. The molecule has 106 valence electrons. The fraction of sp³-hybridized carbons (Fsp3) is 0.0769. The highest BCUT2D eigenvalue weighted by atomic mass is 79.9. The van der Waals surface area contributed by atoms with Crippen LogP contribution in [0.3, 0.4) is 0 Å². The van der Waals surface area contributed by atoms with Crippen LogP contribution in [0.1, 0.15) is 5.56 Å². The van der Waals surface area contributed by atoms with E-state index in [2.05, 4.69) is 37.2 Å². The number of anilines is 3. The Labute approximate surface area is 130 Å². The Morgan fingerprint density at radius 1 is 0.950 bits per heavy atom. The van der Waals surface area contributed by atoms with Gasteiger partial charge in [-0.15, -0.1) is 0 Å². The number of nitrogen functional groups attached to an aromatic ring is 1. The van der Waals surface area contributed by atoms with Gasteiger partial charge in [0.15, 0.2) is 0 Å². The number of alkyl halides is 3. The first-order valence-electron chi connectivity index (χ1n) is 5.46. The SMILES string of the molecule is Nc1ccc(Br)cc1Nc1cc(C(F)(F)F)ccc1Br. The number of rotatable bonds is 2. The third-order valence-corrected chi connectivity index (χ3v) is 3.76. The fourth-order valence-corrected chi connectivity index (χ4v) is 2.29.